The van der Waals surface area contributed by atoms with Gasteiger partial charge in [0.1, 0.15) is 0 Å². The highest BCUT2D eigenvalue weighted by atomic mass is 16.6. The third-order valence-corrected chi connectivity index (χ3v) is 0.756. The van der Waals surface area contributed by atoms with E-state index in [-0.39, 0.29) is 5.97 Å². The van der Waals surface area contributed by atoms with Gasteiger partial charge in [0.2, 0.25) is 0 Å². The highest BCUT2D eigenvalue weighted by molar-refractivity contribution is 5.68. The van der Waals surface area contributed by atoms with Crippen LogP contribution in [0.5, 0.6) is 0 Å². The highest BCUT2D eigenvalue weighted by Crippen LogP contribution is 1.85. The van der Waals surface area contributed by atoms with Gasteiger partial charge in [-0.2, -0.15) is 0 Å². The second-order valence-corrected chi connectivity index (χ2v) is 1.86. The van der Waals surface area contributed by atoms with Crippen molar-refractivity contribution in [2.45, 2.75) is 26.7 Å². The molecule has 0 aliphatic rings. The third-order valence-electron chi connectivity index (χ3n) is 0.756. The summed E-state index contributed by atoms with van der Waals surface area (Å²) in [5.41, 5.74) is 0. The zero-order chi connectivity index (χ0) is 9.98. The fourth-order valence-electron chi connectivity index (χ4n) is 0.318. The fraction of sp³-hybridized carbons (Fsp3) is 0.714. The summed E-state index contributed by atoms with van der Waals surface area (Å²) in [5, 5.41) is 13.9. The molecule has 0 aliphatic carbocycles. The van der Waals surface area contributed by atoms with Gasteiger partial charge in [-0.25, -0.2) is 4.79 Å². The quantitative estimate of drug-likeness (QED) is 0.641. The number of esters is 1. The van der Waals surface area contributed by atoms with E-state index in [1.165, 1.54) is 0 Å². The van der Waals surface area contributed by atoms with Crippen LogP contribution in [0.15, 0.2) is 0 Å². The maximum absolute atomic E-state index is 10.3. The summed E-state index contributed by atoms with van der Waals surface area (Å²) in [7, 11) is 0. The van der Waals surface area contributed by atoms with Crippen molar-refractivity contribution >= 4 is 12.1 Å². The molecule has 0 fully saturated rings. The van der Waals surface area contributed by atoms with Crippen molar-refractivity contribution in [2.24, 2.45) is 0 Å². The third kappa shape index (κ3) is 23.3. The molecule has 0 aromatic heterocycles. The van der Waals surface area contributed by atoms with Crippen LogP contribution in [-0.2, 0) is 9.53 Å². The minimum atomic E-state index is -1.83. The molecule has 0 amide bonds. The average molecular weight is 178 g/mol. The van der Waals surface area contributed by atoms with E-state index in [0.29, 0.717) is 13.0 Å². The van der Waals surface area contributed by atoms with Crippen molar-refractivity contribution in [1.82, 2.24) is 0 Å². The monoisotopic (exact) mass is 178 g/mol. The molecule has 0 rings (SSSR count). The molecule has 0 aromatic rings. The maximum atomic E-state index is 10.3. The topological polar surface area (TPSA) is 83.8 Å². The smallest absolute Gasteiger partial charge is 0.466 e. The SMILES string of the molecule is CCCOC(=O)CC.O=C(O)O. The molecule has 0 bridgehead atoms. The summed E-state index contributed by atoms with van der Waals surface area (Å²) in [6.07, 6.45) is -0.439. The first kappa shape index (κ1) is 13.3. The van der Waals surface area contributed by atoms with Gasteiger partial charge in [0.05, 0.1) is 6.61 Å². The van der Waals surface area contributed by atoms with Crippen LogP contribution >= 0.6 is 0 Å². The molecule has 5 heteroatoms. The Morgan fingerprint density at radius 3 is 1.92 bits per heavy atom. The molecule has 72 valence electrons. The van der Waals surface area contributed by atoms with E-state index in [9.17, 15) is 4.79 Å². The molecule has 0 unspecified atom stereocenters. The summed E-state index contributed by atoms with van der Waals surface area (Å²) in [5.74, 6) is -0.105. The summed E-state index contributed by atoms with van der Waals surface area (Å²) >= 11 is 0. The Hall–Kier alpha value is -1.26. The Kier molecular flexibility index (Phi) is 10.8. The van der Waals surface area contributed by atoms with Gasteiger partial charge in [-0.3, -0.25) is 4.79 Å². The van der Waals surface area contributed by atoms with E-state index >= 15 is 0 Å². The highest BCUT2D eigenvalue weighted by Gasteiger charge is 1.93. The number of carboxylic acid groups (broad SMARTS) is 2. The molecule has 0 aromatic carbocycles. The molecule has 0 spiro atoms. The van der Waals surface area contributed by atoms with Crippen LogP contribution in [0.4, 0.5) is 4.79 Å². The first-order valence-corrected chi connectivity index (χ1v) is 3.62. The van der Waals surface area contributed by atoms with Gasteiger partial charge in [-0.15, -0.1) is 0 Å². The normalized spacial score (nSPS) is 7.83. The van der Waals surface area contributed by atoms with Gasteiger partial charge in [0.25, 0.3) is 0 Å². The maximum Gasteiger partial charge on any atom is 0.503 e. The van der Waals surface area contributed by atoms with Crippen LogP contribution in [0.2, 0.25) is 0 Å². The van der Waals surface area contributed by atoms with Crippen molar-refractivity contribution in [2.75, 3.05) is 6.61 Å². The Morgan fingerprint density at radius 2 is 1.67 bits per heavy atom. The van der Waals surface area contributed by atoms with Crippen LogP contribution in [0.1, 0.15) is 26.7 Å². The Balaban J connectivity index is 0. The second kappa shape index (κ2) is 9.74. The van der Waals surface area contributed by atoms with Gasteiger partial charge in [0, 0.05) is 6.42 Å². The Bertz CT molecular complexity index is 128. The van der Waals surface area contributed by atoms with Gasteiger partial charge in [-0.1, -0.05) is 13.8 Å². The number of hydrogen-bond acceptors (Lipinski definition) is 3. The second-order valence-electron chi connectivity index (χ2n) is 1.86. The van der Waals surface area contributed by atoms with E-state index in [0.717, 1.165) is 6.42 Å². The van der Waals surface area contributed by atoms with Crippen molar-refractivity contribution in [3.8, 4) is 0 Å². The minimum Gasteiger partial charge on any atom is -0.466 e. The number of carbonyl (C=O) groups excluding carboxylic acids is 1. The first-order chi connectivity index (χ1) is 5.54. The lowest BCUT2D eigenvalue weighted by molar-refractivity contribution is -0.143. The summed E-state index contributed by atoms with van der Waals surface area (Å²) in [4.78, 5) is 18.9. The van der Waals surface area contributed by atoms with Gasteiger partial charge >= 0.3 is 12.1 Å². The van der Waals surface area contributed by atoms with Crippen molar-refractivity contribution in [1.29, 1.82) is 0 Å². The molecule has 12 heavy (non-hydrogen) atoms. The van der Waals surface area contributed by atoms with E-state index in [1.54, 1.807) is 6.92 Å². The summed E-state index contributed by atoms with van der Waals surface area (Å²) < 4.78 is 4.70. The number of rotatable bonds is 3. The predicted molar refractivity (Wildman–Crippen MR) is 42.2 cm³/mol. The molecule has 0 heterocycles. The Morgan fingerprint density at radius 1 is 1.25 bits per heavy atom. The largest absolute Gasteiger partial charge is 0.503 e. The first-order valence-electron chi connectivity index (χ1n) is 3.62. The fourth-order valence-corrected chi connectivity index (χ4v) is 0.318. The van der Waals surface area contributed by atoms with Crippen LogP contribution in [-0.4, -0.2) is 28.9 Å². The molecule has 0 saturated carbocycles. The minimum absolute atomic E-state index is 0.105. The average Bonchev–Trinajstić information content (AvgIpc) is 1.99. The lowest BCUT2D eigenvalue weighted by Gasteiger charge is -1.97. The molecule has 0 saturated heterocycles. The van der Waals surface area contributed by atoms with E-state index in [4.69, 9.17) is 19.7 Å². The van der Waals surface area contributed by atoms with Crippen molar-refractivity contribution in [3.63, 3.8) is 0 Å². The molecule has 0 radical (unpaired) electrons. The standard InChI is InChI=1S/C6H12O2.CH2O3/c1-3-5-8-6(7)4-2;2-1(3)4/h3-5H2,1-2H3;(H2,2,3,4). The molecular formula is C7H14O5. The van der Waals surface area contributed by atoms with Gasteiger partial charge in [0.15, 0.2) is 0 Å². The van der Waals surface area contributed by atoms with Crippen LogP contribution in [0.25, 0.3) is 0 Å². The van der Waals surface area contributed by atoms with Crippen LogP contribution in [0, 0.1) is 0 Å². The van der Waals surface area contributed by atoms with E-state index in [2.05, 4.69) is 0 Å². The van der Waals surface area contributed by atoms with Crippen molar-refractivity contribution in [3.05, 3.63) is 0 Å². The lowest BCUT2D eigenvalue weighted by atomic mass is 10.5. The number of ether oxygens (including phenoxy) is 1. The van der Waals surface area contributed by atoms with Crippen LogP contribution < -0.4 is 0 Å². The van der Waals surface area contributed by atoms with E-state index in [1.807, 2.05) is 6.92 Å². The van der Waals surface area contributed by atoms with Crippen LogP contribution in [0.3, 0.4) is 0 Å². The van der Waals surface area contributed by atoms with Gasteiger partial charge < -0.3 is 14.9 Å². The zero-order valence-corrected chi connectivity index (χ0v) is 7.24. The summed E-state index contributed by atoms with van der Waals surface area (Å²) in [6.45, 7) is 4.33. The summed E-state index contributed by atoms with van der Waals surface area (Å²) in [6, 6.07) is 0. The van der Waals surface area contributed by atoms with Crippen molar-refractivity contribution < 1.29 is 24.5 Å². The Labute approximate surface area is 71.0 Å². The molecule has 2 N–H and O–H groups in total. The predicted octanol–water partition coefficient (Wildman–Crippen LogP) is 1.57. The molecular weight excluding hydrogens is 164 g/mol. The zero-order valence-electron chi connectivity index (χ0n) is 7.24. The van der Waals surface area contributed by atoms with Gasteiger partial charge in [-0.05, 0) is 6.42 Å². The van der Waals surface area contributed by atoms with E-state index < -0.39 is 6.16 Å². The lowest BCUT2D eigenvalue weighted by Crippen LogP contribution is -2.02. The molecule has 5 nitrogen and oxygen atoms in total. The number of hydrogen-bond donors (Lipinski definition) is 2. The molecule has 0 aliphatic heterocycles. The number of carbonyl (C=O) groups is 2. The molecule has 0 atom stereocenters.